The average Bonchev–Trinajstić information content (AvgIpc) is 2.28. The van der Waals surface area contributed by atoms with Gasteiger partial charge in [-0.2, -0.15) is 0 Å². The van der Waals surface area contributed by atoms with Gasteiger partial charge in [-0.3, -0.25) is 14.9 Å². The van der Waals surface area contributed by atoms with E-state index in [2.05, 4.69) is 26.1 Å². The average molecular weight is 314 g/mol. The molecule has 0 aliphatic rings. The van der Waals surface area contributed by atoms with Gasteiger partial charge in [0.2, 0.25) is 5.91 Å². The minimum atomic E-state index is -0.545. The van der Waals surface area contributed by atoms with Crippen molar-refractivity contribution < 1.29 is 9.72 Å². The van der Waals surface area contributed by atoms with Crippen molar-refractivity contribution in [2.24, 2.45) is 11.1 Å². The molecule has 0 aliphatic heterocycles. The van der Waals surface area contributed by atoms with E-state index < -0.39 is 4.92 Å². The van der Waals surface area contributed by atoms with Gasteiger partial charge in [-0.15, -0.1) is 0 Å². The van der Waals surface area contributed by atoms with E-state index in [9.17, 15) is 14.9 Å². The van der Waals surface area contributed by atoms with Crippen molar-refractivity contribution in [1.29, 1.82) is 0 Å². The number of nitrogens with zero attached hydrogens (tertiary/aromatic N) is 1. The first kappa shape index (κ1) is 17.4. The molecule has 0 saturated carbocycles. The molecule has 0 radical (unpaired) electrons. The number of benzene rings is 1. The van der Waals surface area contributed by atoms with Gasteiger partial charge in [0.15, 0.2) is 0 Å². The first-order valence-electron chi connectivity index (χ1n) is 6.58. The second-order valence-electron chi connectivity index (χ2n) is 6.20. The summed E-state index contributed by atoms with van der Waals surface area (Å²) in [4.78, 5) is 22.0. The van der Waals surface area contributed by atoms with Crippen molar-refractivity contribution in [3.05, 3.63) is 33.3 Å². The molecular formula is C14H20ClN3O3. The Balaban J connectivity index is 2.65. The van der Waals surface area contributed by atoms with Gasteiger partial charge in [-0.25, -0.2) is 0 Å². The Morgan fingerprint density at radius 1 is 1.48 bits per heavy atom. The van der Waals surface area contributed by atoms with Crippen molar-refractivity contribution in [1.82, 2.24) is 0 Å². The molecule has 1 rings (SSSR count). The molecule has 0 aliphatic carbocycles. The number of nitrogens with two attached hydrogens (primary N) is 1. The van der Waals surface area contributed by atoms with Gasteiger partial charge in [0.05, 0.1) is 15.6 Å². The number of nitro groups is 1. The standard InChI is InChI=1S/C14H20ClN3O3/c1-14(2,3)8-9(16)6-13(19)17-12-5-4-10(18(20)21)7-11(12)15/h4-5,7,9H,6,8,16H2,1-3H3,(H,17,19). The van der Waals surface area contributed by atoms with Crippen molar-refractivity contribution in [2.45, 2.75) is 39.7 Å². The second-order valence-corrected chi connectivity index (χ2v) is 6.61. The fourth-order valence-electron chi connectivity index (χ4n) is 2.02. The lowest BCUT2D eigenvalue weighted by Crippen LogP contribution is -2.31. The summed E-state index contributed by atoms with van der Waals surface area (Å²) in [5.74, 6) is -0.262. The Labute approximate surface area is 128 Å². The summed E-state index contributed by atoms with van der Waals surface area (Å²) in [6.07, 6.45) is 0.888. The molecule has 3 N–H and O–H groups in total. The minimum Gasteiger partial charge on any atom is -0.327 e. The van der Waals surface area contributed by atoms with E-state index in [1.165, 1.54) is 18.2 Å². The number of nitro benzene ring substituents is 1. The zero-order valence-corrected chi connectivity index (χ0v) is 13.1. The Morgan fingerprint density at radius 3 is 2.57 bits per heavy atom. The summed E-state index contributed by atoms with van der Waals surface area (Å²) < 4.78 is 0. The summed E-state index contributed by atoms with van der Waals surface area (Å²) in [6, 6.07) is 3.65. The van der Waals surface area contributed by atoms with Crippen LogP contribution in [-0.2, 0) is 4.79 Å². The second kappa shape index (κ2) is 6.87. The molecule has 6 nitrogen and oxygen atoms in total. The molecular weight excluding hydrogens is 294 g/mol. The number of amides is 1. The molecule has 0 fully saturated rings. The lowest BCUT2D eigenvalue weighted by Gasteiger charge is -2.22. The van der Waals surface area contributed by atoms with Gasteiger partial charge in [0.25, 0.3) is 5.69 Å². The van der Waals surface area contributed by atoms with E-state index in [1.807, 2.05) is 0 Å². The summed E-state index contributed by atoms with van der Waals surface area (Å²) in [7, 11) is 0. The Bertz CT molecular complexity index is 541. The van der Waals surface area contributed by atoms with E-state index in [4.69, 9.17) is 17.3 Å². The highest BCUT2D eigenvalue weighted by atomic mass is 35.5. The topological polar surface area (TPSA) is 98.3 Å². The Morgan fingerprint density at radius 2 is 2.10 bits per heavy atom. The number of rotatable bonds is 5. The van der Waals surface area contributed by atoms with Crippen LogP contribution in [0.2, 0.25) is 5.02 Å². The minimum absolute atomic E-state index is 0.0463. The molecule has 1 amide bonds. The lowest BCUT2D eigenvalue weighted by atomic mass is 9.87. The van der Waals surface area contributed by atoms with Crippen molar-refractivity contribution in [3.63, 3.8) is 0 Å². The van der Waals surface area contributed by atoms with Gasteiger partial charge >= 0.3 is 0 Å². The van der Waals surface area contributed by atoms with Gasteiger partial charge in [-0.1, -0.05) is 32.4 Å². The number of hydrogen-bond acceptors (Lipinski definition) is 4. The number of hydrogen-bond donors (Lipinski definition) is 2. The van der Waals surface area contributed by atoms with Crippen LogP contribution in [0.1, 0.15) is 33.6 Å². The van der Waals surface area contributed by atoms with Gasteiger partial charge in [0.1, 0.15) is 0 Å². The van der Waals surface area contributed by atoms with Crippen LogP contribution in [0.5, 0.6) is 0 Å². The van der Waals surface area contributed by atoms with Crippen LogP contribution >= 0.6 is 11.6 Å². The van der Waals surface area contributed by atoms with E-state index in [0.29, 0.717) is 12.1 Å². The van der Waals surface area contributed by atoms with Crippen molar-refractivity contribution in [2.75, 3.05) is 5.32 Å². The largest absolute Gasteiger partial charge is 0.327 e. The third-order valence-corrected chi connectivity index (χ3v) is 3.07. The Kier molecular flexibility index (Phi) is 5.69. The highest BCUT2D eigenvalue weighted by Gasteiger charge is 2.19. The van der Waals surface area contributed by atoms with Crippen LogP contribution in [0.25, 0.3) is 0 Å². The van der Waals surface area contributed by atoms with Crippen LogP contribution in [0.15, 0.2) is 18.2 Å². The first-order valence-corrected chi connectivity index (χ1v) is 6.95. The zero-order chi connectivity index (χ0) is 16.2. The predicted octanol–water partition coefficient (Wildman–Crippen LogP) is 3.34. The highest BCUT2D eigenvalue weighted by Crippen LogP contribution is 2.27. The van der Waals surface area contributed by atoms with Crippen LogP contribution in [0.3, 0.4) is 0 Å². The molecule has 0 heterocycles. The maximum atomic E-state index is 11.9. The molecule has 0 bridgehead atoms. The maximum Gasteiger partial charge on any atom is 0.271 e. The van der Waals surface area contributed by atoms with Crippen LogP contribution in [0, 0.1) is 15.5 Å². The van der Waals surface area contributed by atoms with Crippen LogP contribution < -0.4 is 11.1 Å². The molecule has 116 valence electrons. The maximum absolute atomic E-state index is 11.9. The summed E-state index contributed by atoms with van der Waals surface area (Å²) in [5, 5.41) is 13.4. The molecule has 1 atom stereocenters. The highest BCUT2D eigenvalue weighted by molar-refractivity contribution is 6.33. The fraction of sp³-hybridized carbons (Fsp3) is 0.500. The number of anilines is 1. The van der Waals surface area contributed by atoms with Crippen LogP contribution in [-0.4, -0.2) is 16.9 Å². The number of carbonyl (C=O) groups is 1. The Hall–Kier alpha value is -1.66. The van der Waals surface area contributed by atoms with Crippen LogP contribution in [0.4, 0.5) is 11.4 Å². The quantitative estimate of drug-likeness (QED) is 0.643. The van der Waals surface area contributed by atoms with Crippen molar-refractivity contribution >= 4 is 28.9 Å². The SMILES string of the molecule is CC(C)(C)CC(N)CC(=O)Nc1ccc([N+](=O)[O-])cc1Cl. The predicted molar refractivity (Wildman–Crippen MR) is 83.4 cm³/mol. The van der Waals surface area contributed by atoms with E-state index in [0.717, 1.165) is 0 Å². The molecule has 0 spiro atoms. The number of carbonyl (C=O) groups excluding carboxylic acids is 1. The number of halogens is 1. The van der Waals surface area contributed by atoms with E-state index in [-0.39, 0.29) is 34.5 Å². The van der Waals surface area contributed by atoms with Gasteiger partial charge in [0, 0.05) is 24.6 Å². The molecule has 1 unspecified atom stereocenters. The van der Waals surface area contributed by atoms with Gasteiger partial charge in [-0.05, 0) is 17.9 Å². The lowest BCUT2D eigenvalue weighted by molar-refractivity contribution is -0.384. The van der Waals surface area contributed by atoms with E-state index in [1.54, 1.807) is 0 Å². The number of nitrogens with one attached hydrogen (secondary N) is 1. The third-order valence-electron chi connectivity index (χ3n) is 2.76. The molecule has 7 heteroatoms. The summed E-state index contributed by atoms with van der Waals surface area (Å²) in [6.45, 7) is 6.16. The third kappa shape index (κ3) is 6.10. The first-order chi connectivity index (χ1) is 9.58. The fourth-order valence-corrected chi connectivity index (χ4v) is 2.24. The summed E-state index contributed by atoms with van der Waals surface area (Å²) in [5.41, 5.74) is 6.20. The molecule has 21 heavy (non-hydrogen) atoms. The smallest absolute Gasteiger partial charge is 0.271 e. The summed E-state index contributed by atoms with van der Waals surface area (Å²) >= 11 is 5.91. The monoisotopic (exact) mass is 313 g/mol. The molecule has 0 aromatic heterocycles. The molecule has 1 aromatic rings. The zero-order valence-electron chi connectivity index (χ0n) is 12.4. The van der Waals surface area contributed by atoms with Gasteiger partial charge < -0.3 is 11.1 Å². The molecule has 0 saturated heterocycles. The van der Waals surface area contributed by atoms with E-state index >= 15 is 0 Å². The normalized spacial score (nSPS) is 12.8. The number of non-ortho nitro benzene ring substituents is 1. The molecule has 1 aromatic carbocycles. The van der Waals surface area contributed by atoms with Crippen molar-refractivity contribution in [3.8, 4) is 0 Å².